The normalized spacial score (nSPS) is 11.5. The lowest BCUT2D eigenvalue weighted by molar-refractivity contribution is -0.150. The smallest absolute Gasteiger partial charge is 0.303 e. The molecule has 0 aliphatic rings. The maximum Gasteiger partial charge on any atom is 0.303 e. The molecule has 15 heavy (non-hydrogen) atoms. The maximum atomic E-state index is 11.3. The van der Waals surface area contributed by atoms with Crippen molar-refractivity contribution >= 4 is 11.8 Å². The molecular weight excluding hydrogens is 200 g/mol. The van der Waals surface area contributed by atoms with Crippen molar-refractivity contribution in [2.45, 2.75) is 26.2 Å². The van der Waals surface area contributed by atoms with Crippen molar-refractivity contribution in [1.29, 1.82) is 0 Å². The summed E-state index contributed by atoms with van der Waals surface area (Å²) in [6, 6.07) is 0. The fraction of sp³-hybridized carbons (Fsp3) is 0.600. The first-order valence-electron chi connectivity index (χ1n) is 4.29. The lowest BCUT2D eigenvalue weighted by Crippen LogP contribution is -2.22. The Hall–Kier alpha value is -1.38. The molecule has 0 fully saturated rings. The van der Waals surface area contributed by atoms with Crippen LogP contribution in [-0.2, 0) is 23.8 Å². The van der Waals surface area contributed by atoms with Gasteiger partial charge in [-0.05, 0) is 18.8 Å². The summed E-state index contributed by atoms with van der Waals surface area (Å²) in [6.07, 6.45) is -1.62. The van der Waals surface area contributed by atoms with Crippen LogP contribution in [0.3, 0.4) is 0 Å². The molecular formula is C10H14O5. The topological polar surface area (TPSA) is 61.8 Å². The van der Waals surface area contributed by atoms with Gasteiger partial charge >= 0.3 is 5.97 Å². The molecule has 0 unspecified atom stereocenters. The van der Waals surface area contributed by atoms with E-state index in [4.69, 9.17) is 9.47 Å². The largest absolute Gasteiger partial charge is 0.454 e. The minimum atomic E-state index is -0.871. The Bertz CT molecular complexity index is 282. The van der Waals surface area contributed by atoms with Crippen LogP contribution in [0.1, 0.15) is 13.8 Å². The molecule has 5 heteroatoms. The molecule has 0 rings (SSSR count). The van der Waals surface area contributed by atoms with Gasteiger partial charge in [0.2, 0.25) is 12.1 Å². The number of esters is 1. The molecule has 0 aromatic carbocycles. The molecule has 0 aromatic heterocycles. The third kappa shape index (κ3) is 5.83. The van der Waals surface area contributed by atoms with Crippen LogP contribution in [0.25, 0.3) is 0 Å². The van der Waals surface area contributed by atoms with Crippen molar-refractivity contribution in [2.75, 3.05) is 14.2 Å². The summed E-state index contributed by atoms with van der Waals surface area (Å²) in [5.41, 5.74) is 0. The number of methoxy groups -OCH3 is 2. The molecule has 0 bridgehead atoms. The van der Waals surface area contributed by atoms with Crippen molar-refractivity contribution in [3.63, 3.8) is 0 Å². The van der Waals surface area contributed by atoms with Crippen LogP contribution >= 0.6 is 0 Å². The molecule has 1 atom stereocenters. The summed E-state index contributed by atoms with van der Waals surface area (Å²) in [4.78, 5) is 21.8. The number of hydrogen-bond donors (Lipinski definition) is 0. The van der Waals surface area contributed by atoms with Crippen molar-refractivity contribution in [3.05, 3.63) is 0 Å². The molecule has 0 aliphatic carbocycles. The van der Waals surface area contributed by atoms with Gasteiger partial charge in [0.1, 0.15) is 0 Å². The number of ketones is 1. The minimum absolute atomic E-state index is 0.496. The van der Waals surface area contributed by atoms with Crippen molar-refractivity contribution in [2.24, 2.45) is 0 Å². The number of Topliss-reactive ketones (excluding diaryl/α,β-unsaturated/α-hetero) is 1. The molecule has 5 nitrogen and oxygen atoms in total. The van der Waals surface area contributed by atoms with E-state index in [2.05, 4.69) is 16.6 Å². The molecule has 0 radical (unpaired) electrons. The first kappa shape index (κ1) is 13.6. The van der Waals surface area contributed by atoms with Crippen molar-refractivity contribution in [3.8, 4) is 11.8 Å². The Morgan fingerprint density at radius 3 is 2.13 bits per heavy atom. The zero-order valence-electron chi connectivity index (χ0n) is 9.20. The quantitative estimate of drug-likeness (QED) is 0.288. The third-order valence-electron chi connectivity index (χ3n) is 1.45. The highest BCUT2D eigenvalue weighted by Crippen LogP contribution is 1.93. The van der Waals surface area contributed by atoms with Gasteiger partial charge < -0.3 is 14.2 Å². The maximum absolute atomic E-state index is 11.3. The van der Waals surface area contributed by atoms with E-state index in [0.717, 1.165) is 0 Å². The lowest BCUT2D eigenvalue weighted by atomic mass is 10.2. The predicted octanol–water partition coefficient (Wildman–Crippen LogP) is 0.129. The fourth-order valence-corrected chi connectivity index (χ4v) is 0.748. The summed E-state index contributed by atoms with van der Waals surface area (Å²) in [6.45, 7) is 2.68. The molecule has 0 amide bonds. The molecule has 0 saturated carbocycles. The second kappa shape index (κ2) is 6.98. The molecule has 0 aromatic rings. The van der Waals surface area contributed by atoms with E-state index in [1.54, 1.807) is 0 Å². The van der Waals surface area contributed by atoms with Crippen LogP contribution < -0.4 is 0 Å². The molecule has 0 saturated heterocycles. The van der Waals surface area contributed by atoms with E-state index in [1.165, 1.54) is 28.1 Å². The van der Waals surface area contributed by atoms with Gasteiger partial charge in [-0.15, -0.1) is 0 Å². The molecule has 84 valence electrons. The van der Waals surface area contributed by atoms with E-state index >= 15 is 0 Å². The van der Waals surface area contributed by atoms with Gasteiger partial charge in [0.25, 0.3) is 0 Å². The summed E-state index contributed by atoms with van der Waals surface area (Å²) in [7, 11) is 2.81. The minimum Gasteiger partial charge on any atom is -0.454 e. The van der Waals surface area contributed by atoms with Crippen molar-refractivity contribution in [1.82, 2.24) is 0 Å². The predicted molar refractivity (Wildman–Crippen MR) is 51.8 cm³/mol. The standard InChI is InChI=1S/C10H14O5/c1-7(15-8(2)11)9(12)5-6-10(13-3)14-4/h7,10H,1-4H3/t7-/m0/s1. The van der Waals surface area contributed by atoms with Gasteiger partial charge in [0, 0.05) is 21.1 Å². The van der Waals surface area contributed by atoms with Gasteiger partial charge in [-0.1, -0.05) is 0 Å². The van der Waals surface area contributed by atoms with Gasteiger partial charge in [-0.3, -0.25) is 9.59 Å². The van der Waals surface area contributed by atoms with E-state index in [0.29, 0.717) is 0 Å². The number of rotatable bonds is 4. The van der Waals surface area contributed by atoms with Crippen LogP contribution in [0.15, 0.2) is 0 Å². The second-order valence-corrected chi connectivity index (χ2v) is 2.69. The molecule has 0 aliphatic heterocycles. The monoisotopic (exact) mass is 214 g/mol. The van der Waals surface area contributed by atoms with Crippen LogP contribution in [0.2, 0.25) is 0 Å². The van der Waals surface area contributed by atoms with Crippen LogP contribution in [0, 0.1) is 11.8 Å². The Kier molecular flexibility index (Phi) is 6.34. The number of carbonyl (C=O) groups is 2. The zero-order valence-corrected chi connectivity index (χ0v) is 9.20. The first-order valence-corrected chi connectivity index (χ1v) is 4.29. The fourth-order valence-electron chi connectivity index (χ4n) is 0.748. The van der Waals surface area contributed by atoms with Crippen molar-refractivity contribution < 1.29 is 23.8 Å². The number of hydrogen-bond acceptors (Lipinski definition) is 5. The van der Waals surface area contributed by atoms with Crippen LogP contribution in [-0.4, -0.2) is 38.4 Å². The SMILES string of the molecule is COC(C#CC(=O)[C@H](C)OC(C)=O)OC. The highest BCUT2D eigenvalue weighted by molar-refractivity contribution is 5.99. The van der Waals surface area contributed by atoms with E-state index in [9.17, 15) is 9.59 Å². The lowest BCUT2D eigenvalue weighted by Gasteiger charge is -2.07. The molecule has 0 heterocycles. The summed E-state index contributed by atoms with van der Waals surface area (Å²) in [5, 5.41) is 0. The summed E-state index contributed by atoms with van der Waals surface area (Å²) in [5.74, 6) is 3.69. The average Bonchev–Trinajstić information content (AvgIpc) is 2.18. The first-order chi connectivity index (χ1) is 7.01. The van der Waals surface area contributed by atoms with Gasteiger partial charge in [-0.2, -0.15) is 0 Å². The Morgan fingerprint density at radius 1 is 1.20 bits per heavy atom. The molecule has 0 N–H and O–H groups in total. The number of carbonyl (C=O) groups excluding carboxylic acids is 2. The zero-order chi connectivity index (χ0) is 11.8. The Morgan fingerprint density at radius 2 is 1.73 bits per heavy atom. The Labute approximate surface area is 88.7 Å². The van der Waals surface area contributed by atoms with Gasteiger partial charge in [0.05, 0.1) is 0 Å². The Balaban J connectivity index is 4.27. The van der Waals surface area contributed by atoms with E-state index in [-0.39, 0.29) is 0 Å². The number of ether oxygens (including phenoxy) is 3. The second-order valence-electron chi connectivity index (χ2n) is 2.69. The van der Waals surface area contributed by atoms with Crippen LogP contribution in [0.4, 0.5) is 0 Å². The molecule has 0 spiro atoms. The average molecular weight is 214 g/mol. The van der Waals surface area contributed by atoms with E-state index < -0.39 is 24.1 Å². The van der Waals surface area contributed by atoms with E-state index in [1.807, 2.05) is 0 Å². The highest BCUT2D eigenvalue weighted by atomic mass is 16.7. The van der Waals surface area contributed by atoms with Gasteiger partial charge in [-0.25, -0.2) is 0 Å². The summed E-state index contributed by atoms with van der Waals surface area (Å²) >= 11 is 0. The van der Waals surface area contributed by atoms with Crippen LogP contribution in [0.5, 0.6) is 0 Å². The summed E-state index contributed by atoms with van der Waals surface area (Å²) < 4.78 is 14.1. The highest BCUT2D eigenvalue weighted by Gasteiger charge is 2.13. The third-order valence-corrected chi connectivity index (χ3v) is 1.45. The van der Waals surface area contributed by atoms with Gasteiger partial charge in [0.15, 0.2) is 6.10 Å².